The van der Waals surface area contributed by atoms with Gasteiger partial charge in [-0.15, -0.1) is 0 Å². The molecular formula is C16H15NO3. The second kappa shape index (κ2) is 5.25. The lowest BCUT2D eigenvalue weighted by atomic mass is 10.2. The Morgan fingerprint density at radius 2 is 1.90 bits per heavy atom. The maximum absolute atomic E-state index is 12.1. The lowest BCUT2D eigenvalue weighted by Gasteiger charge is -2.29. The van der Waals surface area contributed by atoms with Gasteiger partial charge in [0.2, 0.25) is 0 Å². The molecule has 0 spiro atoms. The van der Waals surface area contributed by atoms with E-state index in [1.807, 2.05) is 55.5 Å². The number of para-hydroxylation sites is 2. The summed E-state index contributed by atoms with van der Waals surface area (Å²) in [7, 11) is 0. The third-order valence-electron chi connectivity index (χ3n) is 3.11. The fourth-order valence-corrected chi connectivity index (χ4v) is 2.24. The van der Waals surface area contributed by atoms with Crippen LogP contribution in [0, 0.1) is 0 Å². The topological polar surface area (TPSA) is 38.8 Å². The molecule has 4 heteroatoms. The van der Waals surface area contributed by atoms with Crippen molar-refractivity contribution in [3.05, 3.63) is 48.5 Å². The first-order valence-corrected chi connectivity index (χ1v) is 6.57. The van der Waals surface area contributed by atoms with Crippen molar-refractivity contribution in [1.82, 2.24) is 0 Å². The molecule has 0 atom stereocenters. The van der Waals surface area contributed by atoms with E-state index in [-0.39, 0.29) is 12.5 Å². The number of amides is 1. The number of carbonyl (C=O) groups excluding carboxylic acids is 1. The van der Waals surface area contributed by atoms with Crippen LogP contribution in [0.4, 0.5) is 11.4 Å². The zero-order valence-electron chi connectivity index (χ0n) is 11.2. The molecule has 0 saturated heterocycles. The number of carbonyl (C=O) groups is 1. The van der Waals surface area contributed by atoms with Gasteiger partial charge in [0.25, 0.3) is 5.91 Å². The first kappa shape index (κ1) is 12.5. The summed E-state index contributed by atoms with van der Waals surface area (Å²) in [5.74, 6) is 1.44. The zero-order chi connectivity index (χ0) is 13.9. The number of benzene rings is 2. The van der Waals surface area contributed by atoms with Gasteiger partial charge in [0, 0.05) is 5.69 Å². The monoisotopic (exact) mass is 269 g/mol. The molecule has 0 bridgehead atoms. The number of nitrogens with zero attached hydrogens (tertiary/aromatic N) is 1. The Balaban J connectivity index is 1.98. The SMILES string of the molecule is CCOc1ccc(N2C(=O)COc3ccccc32)cc1. The predicted molar refractivity (Wildman–Crippen MR) is 76.7 cm³/mol. The van der Waals surface area contributed by atoms with Crippen molar-refractivity contribution in [2.75, 3.05) is 18.1 Å². The van der Waals surface area contributed by atoms with Gasteiger partial charge in [-0.25, -0.2) is 0 Å². The van der Waals surface area contributed by atoms with Crippen LogP contribution in [0.1, 0.15) is 6.92 Å². The molecule has 1 amide bonds. The molecule has 20 heavy (non-hydrogen) atoms. The molecule has 2 aromatic rings. The molecule has 2 aromatic carbocycles. The number of rotatable bonds is 3. The van der Waals surface area contributed by atoms with E-state index in [9.17, 15) is 4.79 Å². The number of hydrogen-bond acceptors (Lipinski definition) is 3. The first-order valence-electron chi connectivity index (χ1n) is 6.57. The van der Waals surface area contributed by atoms with E-state index in [0.29, 0.717) is 6.61 Å². The molecular weight excluding hydrogens is 254 g/mol. The lowest BCUT2D eigenvalue weighted by Crippen LogP contribution is -2.34. The molecule has 1 aliphatic heterocycles. The molecule has 0 radical (unpaired) electrons. The Morgan fingerprint density at radius 1 is 1.15 bits per heavy atom. The van der Waals surface area contributed by atoms with Crippen LogP contribution in [0.5, 0.6) is 11.5 Å². The summed E-state index contributed by atoms with van der Waals surface area (Å²) in [4.78, 5) is 13.8. The average Bonchev–Trinajstić information content (AvgIpc) is 2.49. The van der Waals surface area contributed by atoms with E-state index in [1.54, 1.807) is 4.90 Å². The Kier molecular flexibility index (Phi) is 3.29. The maximum atomic E-state index is 12.1. The van der Waals surface area contributed by atoms with Crippen molar-refractivity contribution < 1.29 is 14.3 Å². The number of hydrogen-bond donors (Lipinski definition) is 0. The molecule has 4 nitrogen and oxygen atoms in total. The van der Waals surface area contributed by atoms with Crippen molar-refractivity contribution in [2.45, 2.75) is 6.92 Å². The maximum Gasteiger partial charge on any atom is 0.269 e. The fourth-order valence-electron chi connectivity index (χ4n) is 2.24. The molecule has 0 unspecified atom stereocenters. The van der Waals surface area contributed by atoms with Crippen LogP contribution in [0.3, 0.4) is 0 Å². The standard InChI is InChI=1S/C16H15NO3/c1-2-19-13-9-7-12(8-10-13)17-14-5-3-4-6-15(14)20-11-16(17)18/h3-10H,2,11H2,1H3. The van der Waals surface area contributed by atoms with E-state index in [2.05, 4.69) is 0 Å². The largest absolute Gasteiger partial charge is 0.494 e. The fraction of sp³-hybridized carbons (Fsp3) is 0.188. The van der Waals surface area contributed by atoms with Gasteiger partial charge < -0.3 is 9.47 Å². The molecule has 102 valence electrons. The lowest BCUT2D eigenvalue weighted by molar-refractivity contribution is -0.120. The minimum Gasteiger partial charge on any atom is -0.494 e. The highest BCUT2D eigenvalue weighted by atomic mass is 16.5. The molecule has 3 rings (SSSR count). The quantitative estimate of drug-likeness (QED) is 0.859. The smallest absolute Gasteiger partial charge is 0.269 e. The van der Waals surface area contributed by atoms with E-state index < -0.39 is 0 Å². The third kappa shape index (κ3) is 2.20. The highest BCUT2D eigenvalue weighted by Gasteiger charge is 2.26. The van der Waals surface area contributed by atoms with E-state index >= 15 is 0 Å². The highest BCUT2D eigenvalue weighted by Crippen LogP contribution is 2.37. The van der Waals surface area contributed by atoms with Gasteiger partial charge in [0.1, 0.15) is 11.5 Å². The summed E-state index contributed by atoms with van der Waals surface area (Å²) in [6.45, 7) is 2.62. The molecule has 0 N–H and O–H groups in total. The van der Waals surface area contributed by atoms with E-state index in [1.165, 1.54) is 0 Å². The van der Waals surface area contributed by atoms with Crippen LogP contribution < -0.4 is 14.4 Å². The third-order valence-corrected chi connectivity index (χ3v) is 3.11. The van der Waals surface area contributed by atoms with Crippen molar-refractivity contribution in [1.29, 1.82) is 0 Å². The van der Waals surface area contributed by atoms with Crippen molar-refractivity contribution in [2.24, 2.45) is 0 Å². The van der Waals surface area contributed by atoms with E-state index in [0.717, 1.165) is 22.9 Å². The van der Waals surface area contributed by atoms with E-state index in [4.69, 9.17) is 9.47 Å². The normalized spacial score (nSPS) is 13.7. The first-order chi connectivity index (χ1) is 9.79. The number of anilines is 2. The minimum atomic E-state index is -0.0761. The summed E-state index contributed by atoms with van der Waals surface area (Å²) in [6.07, 6.45) is 0. The minimum absolute atomic E-state index is 0.0597. The summed E-state index contributed by atoms with van der Waals surface area (Å²) >= 11 is 0. The molecule has 0 aromatic heterocycles. The summed E-state index contributed by atoms with van der Waals surface area (Å²) in [5, 5.41) is 0. The van der Waals surface area contributed by atoms with Gasteiger partial charge in [-0.3, -0.25) is 9.69 Å². The van der Waals surface area contributed by atoms with Crippen molar-refractivity contribution in [3.8, 4) is 11.5 Å². The van der Waals surface area contributed by atoms with Crippen molar-refractivity contribution in [3.63, 3.8) is 0 Å². The van der Waals surface area contributed by atoms with Crippen molar-refractivity contribution >= 4 is 17.3 Å². The van der Waals surface area contributed by atoms with Crippen LogP contribution in [0.2, 0.25) is 0 Å². The summed E-state index contributed by atoms with van der Waals surface area (Å²) in [6, 6.07) is 15.0. The van der Waals surface area contributed by atoms with Gasteiger partial charge in [-0.1, -0.05) is 12.1 Å². The van der Waals surface area contributed by atoms with Crippen LogP contribution in [-0.4, -0.2) is 19.1 Å². The van der Waals surface area contributed by atoms with Gasteiger partial charge in [0.15, 0.2) is 6.61 Å². The van der Waals surface area contributed by atoms with Gasteiger partial charge in [-0.05, 0) is 43.3 Å². The summed E-state index contributed by atoms with van der Waals surface area (Å²) < 4.78 is 10.9. The van der Waals surface area contributed by atoms with Gasteiger partial charge in [0.05, 0.1) is 12.3 Å². The Hall–Kier alpha value is -2.49. The Bertz CT molecular complexity index is 622. The Labute approximate surface area is 117 Å². The van der Waals surface area contributed by atoms with Crippen LogP contribution in [0.15, 0.2) is 48.5 Å². The zero-order valence-corrected chi connectivity index (χ0v) is 11.2. The number of ether oxygens (including phenoxy) is 2. The second-order valence-corrected chi connectivity index (χ2v) is 4.41. The molecule has 0 fully saturated rings. The molecule has 0 saturated carbocycles. The Morgan fingerprint density at radius 3 is 2.65 bits per heavy atom. The van der Waals surface area contributed by atoms with Crippen LogP contribution in [0.25, 0.3) is 0 Å². The molecule has 0 aliphatic carbocycles. The van der Waals surface area contributed by atoms with Gasteiger partial charge >= 0.3 is 0 Å². The second-order valence-electron chi connectivity index (χ2n) is 4.41. The predicted octanol–water partition coefficient (Wildman–Crippen LogP) is 3.14. The van der Waals surface area contributed by atoms with Crippen LogP contribution in [-0.2, 0) is 4.79 Å². The number of fused-ring (bicyclic) bond motifs is 1. The molecule has 1 aliphatic rings. The molecule has 1 heterocycles. The van der Waals surface area contributed by atoms with Gasteiger partial charge in [-0.2, -0.15) is 0 Å². The highest BCUT2D eigenvalue weighted by molar-refractivity contribution is 6.04. The summed E-state index contributed by atoms with van der Waals surface area (Å²) in [5.41, 5.74) is 1.59. The van der Waals surface area contributed by atoms with Crippen LogP contribution >= 0.6 is 0 Å². The average molecular weight is 269 g/mol.